The van der Waals surface area contributed by atoms with Gasteiger partial charge in [0.25, 0.3) is 0 Å². The Balaban J connectivity index is 1.53. The van der Waals surface area contributed by atoms with Gasteiger partial charge in [-0.1, -0.05) is 12.8 Å². The predicted octanol–water partition coefficient (Wildman–Crippen LogP) is 0.996. The molecule has 4 rings (SSSR count). The van der Waals surface area contributed by atoms with Gasteiger partial charge in [-0.25, -0.2) is 17.5 Å². The molecule has 5 atom stereocenters. The fourth-order valence-corrected chi connectivity index (χ4v) is 6.85. The van der Waals surface area contributed by atoms with Crippen molar-refractivity contribution in [2.75, 3.05) is 23.9 Å². The third-order valence-corrected chi connectivity index (χ3v) is 8.34. The molecule has 17 heteroatoms. The van der Waals surface area contributed by atoms with E-state index < -0.39 is 60.2 Å². The average molecular weight is 558 g/mol. The molecule has 0 bridgehead atoms. The first-order valence-electron chi connectivity index (χ1n) is 10.8. The topological polar surface area (TPSA) is 186 Å². The van der Waals surface area contributed by atoms with Crippen LogP contribution in [0.5, 0.6) is 0 Å². The number of aliphatic hydroxyl groups excluding tert-OH is 1. The molecule has 4 N–H and O–H groups in total. The first kappa shape index (κ1) is 26.6. The van der Waals surface area contributed by atoms with Crippen LogP contribution in [0.4, 0.5) is 10.2 Å². The number of rotatable bonds is 9. The van der Waals surface area contributed by atoms with E-state index >= 15 is 4.39 Å². The molecule has 196 valence electrons. The van der Waals surface area contributed by atoms with E-state index in [2.05, 4.69) is 20.4 Å². The summed E-state index contributed by atoms with van der Waals surface area (Å²) in [6.07, 6.45) is -0.236. The van der Waals surface area contributed by atoms with Crippen LogP contribution in [0, 0.1) is 0 Å². The Kier molecular flexibility index (Phi) is 7.70. The third kappa shape index (κ3) is 6.10. The lowest BCUT2D eigenvalue weighted by atomic mass is 10.1. The number of aliphatic hydroxyl groups is 1. The lowest BCUT2D eigenvalue weighted by molar-refractivity contribution is -0.0712. The van der Waals surface area contributed by atoms with Gasteiger partial charge < -0.3 is 29.7 Å². The minimum atomic E-state index is -4.97. The van der Waals surface area contributed by atoms with E-state index in [-0.39, 0.29) is 17.0 Å². The number of halogens is 2. The SMILES string of the molecule is CS(=O)(=O)CC(OC[C@H]1O[C@@H](n2ncc3c(NC4CCCC4)nc(Cl)nc32)[C@@H](F)[C@@H]1O)P(=O)(O)O. The highest BCUT2D eigenvalue weighted by Gasteiger charge is 2.47. The highest BCUT2D eigenvalue weighted by Crippen LogP contribution is 2.43. The number of nitrogens with zero attached hydrogens (tertiary/aromatic N) is 4. The average Bonchev–Trinajstić information content (AvgIpc) is 3.45. The summed E-state index contributed by atoms with van der Waals surface area (Å²) in [5.41, 5.74) is 0.164. The molecule has 2 aromatic rings. The Morgan fingerprint density at radius 3 is 2.69 bits per heavy atom. The molecule has 2 aromatic heterocycles. The van der Waals surface area contributed by atoms with E-state index in [1.54, 1.807) is 0 Å². The number of ether oxygens (including phenoxy) is 2. The molecular formula is C18H26ClFN5O8PS. The van der Waals surface area contributed by atoms with E-state index in [9.17, 15) is 27.9 Å². The molecule has 1 saturated carbocycles. The molecule has 13 nitrogen and oxygen atoms in total. The Labute approximate surface area is 205 Å². The van der Waals surface area contributed by atoms with Gasteiger partial charge in [-0.15, -0.1) is 0 Å². The largest absolute Gasteiger partial charge is 0.387 e. The molecule has 1 aliphatic carbocycles. The monoisotopic (exact) mass is 557 g/mol. The van der Waals surface area contributed by atoms with Crippen LogP contribution in [0.25, 0.3) is 11.0 Å². The molecule has 0 aromatic carbocycles. The van der Waals surface area contributed by atoms with Crippen LogP contribution in [-0.2, 0) is 23.9 Å². The van der Waals surface area contributed by atoms with E-state index in [1.165, 1.54) is 6.20 Å². The molecule has 2 fully saturated rings. The predicted molar refractivity (Wildman–Crippen MR) is 123 cm³/mol. The van der Waals surface area contributed by atoms with Gasteiger partial charge in [0.2, 0.25) is 5.28 Å². The van der Waals surface area contributed by atoms with Crippen molar-refractivity contribution in [2.45, 2.75) is 62.2 Å². The Morgan fingerprint density at radius 2 is 2.06 bits per heavy atom. The highest BCUT2D eigenvalue weighted by atomic mass is 35.5. The summed E-state index contributed by atoms with van der Waals surface area (Å²) in [5, 5.41) is 18.2. The van der Waals surface area contributed by atoms with Crippen LogP contribution >= 0.6 is 19.2 Å². The fourth-order valence-electron chi connectivity index (χ4n) is 4.20. The van der Waals surface area contributed by atoms with Crippen molar-refractivity contribution in [2.24, 2.45) is 0 Å². The van der Waals surface area contributed by atoms with Crippen molar-refractivity contribution in [3.63, 3.8) is 0 Å². The summed E-state index contributed by atoms with van der Waals surface area (Å²) in [6, 6.07) is 0.210. The summed E-state index contributed by atoms with van der Waals surface area (Å²) in [4.78, 5) is 27.2. The normalized spacial score (nSPS) is 27.0. The van der Waals surface area contributed by atoms with Crippen molar-refractivity contribution >= 4 is 45.9 Å². The van der Waals surface area contributed by atoms with Crippen LogP contribution in [0.15, 0.2) is 6.20 Å². The van der Waals surface area contributed by atoms with Crippen molar-refractivity contribution < 1.29 is 41.7 Å². The molecular weight excluding hydrogens is 532 g/mol. The summed E-state index contributed by atoms with van der Waals surface area (Å²) >= 11 is 6.09. The molecule has 35 heavy (non-hydrogen) atoms. The summed E-state index contributed by atoms with van der Waals surface area (Å²) in [7, 11) is -8.78. The van der Waals surface area contributed by atoms with Gasteiger partial charge >= 0.3 is 7.60 Å². The number of alkyl halides is 1. The molecule has 2 aliphatic rings. The van der Waals surface area contributed by atoms with Gasteiger partial charge in [-0.2, -0.15) is 15.1 Å². The van der Waals surface area contributed by atoms with Crippen molar-refractivity contribution in [1.82, 2.24) is 19.7 Å². The van der Waals surface area contributed by atoms with E-state index in [0.29, 0.717) is 11.2 Å². The third-order valence-electron chi connectivity index (χ3n) is 5.93. The second-order valence-electron chi connectivity index (χ2n) is 8.76. The zero-order chi connectivity index (χ0) is 25.5. The zero-order valence-electron chi connectivity index (χ0n) is 18.6. The quantitative estimate of drug-likeness (QED) is 0.253. The maximum Gasteiger partial charge on any atom is 0.355 e. The number of fused-ring (bicyclic) bond motifs is 1. The second kappa shape index (κ2) is 10.1. The number of hydrogen-bond donors (Lipinski definition) is 4. The maximum atomic E-state index is 15.0. The standard InChI is InChI=1S/C18H26ClFN5O8PS/c1-35(30,31)8-12(34(27,28)29)32-7-11-14(26)13(20)17(33-11)25-16-10(6-21-25)15(23-18(19)24-16)22-9-4-2-3-5-9/h6,9,11-14,17,26H,2-5,7-8H2,1H3,(H,22,23,24)(H2,27,28,29)/t11-,12?,13+,14-,17-/m1/s1. The number of anilines is 1. The zero-order valence-corrected chi connectivity index (χ0v) is 21.0. The van der Waals surface area contributed by atoms with Crippen LogP contribution in [0.1, 0.15) is 31.9 Å². The fraction of sp³-hybridized carbons (Fsp3) is 0.722. The van der Waals surface area contributed by atoms with Gasteiger partial charge in [0.05, 0.1) is 23.9 Å². The molecule has 0 amide bonds. The van der Waals surface area contributed by atoms with Gasteiger partial charge in [0.1, 0.15) is 18.0 Å². The number of hydrogen-bond acceptors (Lipinski definition) is 10. The molecule has 1 unspecified atom stereocenters. The number of sulfone groups is 1. The van der Waals surface area contributed by atoms with Gasteiger partial charge in [0.15, 0.2) is 33.7 Å². The first-order valence-corrected chi connectivity index (χ1v) is 14.9. The van der Waals surface area contributed by atoms with Gasteiger partial charge in [-0.05, 0) is 24.4 Å². The van der Waals surface area contributed by atoms with Gasteiger partial charge in [-0.3, -0.25) is 4.57 Å². The van der Waals surface area contributed by atoms with E-state index in [0.717, 1.165) is 36.6 Å². The molecule has 0 spiro atoms. The van der Waals surface area contributed by atoms with E-state index in [1.807, 2.05) is 0 Å². The first-order chi connectivity index (χ1) is 16.3. The maximum absolute atomic E-state index is 15.0. The smallest absolute Gasteiger partial charge is 0.355 e. The van der Waals surface area contributed by atoms with Crippen LogP contribution in [0.2, 0.25) is 5.28 Å². The lowest BCUT2D eigenvalue weighted by Gasteiger charge is -2.21. The lowest BCUT2D eigenvalue weighted by Crippen LogP contribution is -2.34. The Morgan fingerprint density at radius 1 is 1.37 bits per heavy atom. The summed E-state index contributed by atoms with van der Waals surface area (Å²) < 4.78 is 61.4. The molecule has 3 heterocycles. The summed E-state index contributed by atoms with van der Waals surface area (Å²) in [5.74, 6) is -2.51. The van der Waals surface area contributed by atoms with Crippen molar-refractivity contribution in [3.05, 3.63) is 11.5 Å². The van der Waals surface area contributed by atoms with Crippen LogP contribution in [0.3, 0.4) is 0 Å². The number of nitrogens with one attached hydrogen (secondary N) is 1. The molecule has 0 radical (unpaired) electrons. The Bertz CT molecular complexity index is 1220. The van der Waals surface area contributed by atoms with E-state index in [4.69, 9.17) is 21.1 Å². The second-order valence-corrected chi connectivity index (χ2v) is 13.0. The van der Waals surface area contributed by atoms with Crippen LogP contribution in [-0.4, -0.2) is 91.9 Å². The minimum Gasteiger partial charge on any atom is -0.387 e. The van der Waals surface area contributed by atoms with Gasteiger partial charge in [0, 0.05) is 12.3 Å². The van der Waals surface area contributed by atoms with Crippen molar-refractivity contribution in [1.29, 1.82) is 0 Å². The van der Waals surface area contributed by atoms with Crippen LogP contribution < -0.4 is 5.32 Å². The van der Waals surface area contributed by atoms with Crippen molar-refractivity contribution in [3.8, 4) is 0 Å². The minimum absolute atomic E-state index is 0.0983. The molecule has 1 aliphatic heterocycles. The Hall–Kier alpha value is -1.45. The summed E-state index contributed by atoms with van der Waals surface area (Å²) in [6.45, 7) is -0.674. The number of aromatic nitrogens is 4. The highest BCUT2D eigenvalue weighted by molar-refractivity contribution is 7.91. The molecule has 1 saturated heterocycles.